The Bertz CT molecular complexity index is 975. The van der Waals surface area contributed by atoms with E-state index in [2.05, 4.69) is 5.32 Å². The third kappa shape index (κ3) is 4.93. The minimum Gasteiger partial charge on any atom is -0.326 e. The summed E-state index contributed by atoms with van der Waals surface area (Å²) < 4.78 is 27.2. The minimum absolute atomic E-state index is 0.133. The number of benzene rings is 2. The molecule has 0 saturated carbocycles. The van der Waals surface area contributed by atoms with Crippen LogP contribution < -0.4 is 5.32 Å². The van der Waals surface area contributed by atoms with Crippen LogP contribution in [0, 0.1) is 19.8 Å². The fourth-order valence-electron chi connectivity index (χ4n) is 3.42. The molecule has 5 nitrogen and oxygen atoms in total. The van der Waals surface area contributed by atoms with Gasteiger partial charge in [-0.2, -0.15) is 0 Å². The number of hydrogen-bond acceptors (Lipinski definition) is 3. The van der Waals surface area contributed by atoms with E-state index >= 15 is 0 Å². The van der Waals surface area contributed by atoms with Crippen LogP contribution in [0.1, 0.15) is 29.5 Å². The number of halogens is 1. The Morgan fingerprint density at radius 1 is 1.21 bits per heavy atom. The first-order valence-electron chi connectivity index (χ1n) is 9.35. The molecule has 1 atom stereocenters. The number of sulfonamides is 1. The maximum absolute atomic E-state index is 12.9. The van der Waals surface area contributed by atoms with Gasteiger partial charge in [-0.3, -0.25) is 4.79 Å². The number of aryl methyl sites for hydroxylation is 2. The number of rotatable bonds is 5. The lowest BCUT2D eigenvalue weighted by molar-refractivity contribution is -0.120. The zero-order valence-electron chi connectivity index (χ0n) is 16.1. The molecule has 7 heteroatoms. The Balaban J connectivity index is 1.70. The van der Waals surface area contributed by atoms with Crippen LogP contribution in [0.3, 0.4) is 0 Å². The Morgan fingerprint density at radius 2 is 1.96 bits per heavy atom. The molecule has 0 aliphatic carbocycles. The molecule has 1 heterocycles. The monoisotopic (exact) mass is 420 g/mol. The van der Waals surface area contributed by atoms with Gasteiger partial charge < -0.3 is 5.32 Å². The molecule has 0 aromatic heterocycles. The second-order valence-electron chi connectivity index (χ2n) is 7.35. The van der Waals surface area contributed by atoms with E-state index in [0.29, 0.717) is 30.0 Å². The predicted octanol–water partition coefficient (Wildman–Crippen LogP) is 4.14. The van der Waals surface area contributed by atoms with Gasteiger partial charge in [0.2, 0.25) is 15.9 Å². The average molecular weight is 421 g/mol. The second kappa shape index (κ2) is 8.64. The van der Waals surface area contributed by atoms with Crippen molar-refractivity contribution in [1.29, 1.82) is 0 Å². The molecule has 0 spiro atoms. The maximum atomic E-state index is 12.9. The van der Waals surface area contributed by atoms with E-state index in [1.54, 1.807) is 24.3 Å². The Hall–Kier alpha value is -1.89. The topological polar surface area (TPSA) is 66.5 Å². The molecular weight excluding hydrogens is 396 g/mol. The molecule has 2 aromatic rings. The summed E-state index contributed by atoms with van der Waals surface area (Å²) in [5.41, 5.74) is 3.40. The fraction of sp³-hybridized carbons (Fsp3) is 0.381. The fourth-order valence-corrected chi connectivity index (χ4v) is 5.34. The number of carbonyl (C=O) groups excluding carboxylic acids is 1. The highest BCUT2D eigenvalue weighted by molar-refractivity contribution is 7.88. The first-order chi connectivity index (χ1) is 13.3. The first kappa shape index (κ1) is 20.8. The Morgan fingerprint density at radius 3 is 2.71 bits per heavy atom. The molecule has 1 saturated heterocycles. The van der Waals surface area contributed by atoms with E-state index in [0.717, 1.165) is 16.8 Å². The van der Waals surface area contributed by atoms with Gasteiger partial charge in [0.15, 0.2) is 0 Å². The number of nitrogens with zero attached hydrogens (tertiary/aromatic N) is 1. The molecule has 3 rings (SSSR count). The predicted molar refractivity (Wildman–Crippen MR) is 113 cm³/mol. The van der Waals surface area contributed by atoms with Crippen molar-refractivity contribution in [3.63, 3.8) is 0 Å². The summed E-state index contributed by atoms with van der Waals surface area (Å²) in [5.74, 6) is -0.654. The highest BCUT2D eigenvalue weighted by Gasteiger charge is 2.32. The number of amides is 1. The van der Waals surface area contributed by atoms with E-state index in [1.807, 2.05) is 32.0 Å². The van der Waals surface area contributed by atoms with Crippen molar-refractivity contribution >= 4 is 33.2 Å². The molecule has 0 radical (unpaired) electrons. The molecule has 2 aromatic carbocycles. The van der Waals surface area contributed by atoms with E-state index in [9.17, 15) is 13.2 Å². The van der Waals surface area contributed by atoms with Crippen LogP contribution in [0.5, 0.6) is 0 Å². The van der Waals surface area contributed by atoms with Crippen molar-refractivity contribution < 1.29 is 13.2 Å². The van der Waals surface area contributed by atoms with Gasteiger partial charge in [0.1, 0.15) is 0 Å². The molecule has 1 amide bonds. The number of nitrogens with one attached hydrogen (secondary N) is 1. The van der Waals surface area contributed by atoms with Crippen molar-refractivity contribution in [2.75, 3.05) is 18.4 Å². The summed E-state index contributed by atoms with van der Waals surface area (Å²) in [6.07, 6.45) is 1.33. The van der Waals surface area contributed by atoms with Gasteiger partial charge in [0, 0.05) is 23.8 Å². The molecule has 0 unspecified atom stereocenters. The SMILES string of the molecule is Cc1ccc(C)c(NC(=O)[C@H]2CCCN(S(=O)(=O)Cc3ccccc3Cl)C2)c1. The van der Waals surface area contributed by atoms with Crippen molar-refractivity contribution in [1.82, 2.24) is 4.31 Å². The van der Waals surface area contributed by atoms with E-state index in [1.165, 1.54) is 4.31 Å². The van der Waals surface area contributed by atoms with Crippen molar-refractivity contribution in [3.05, 3.63) is 64.2 Å². The smallest absolute Gasteiger partial charge is 0.228 e. The third-order valence-electron chi connectivity index (χ3n) is 5.09. The molecule has 150 valence electrons. The molecule has 1 fully saturated rings. The highest BCUT2D eigenvalue weighted by Crippen LogP contribution is 2.25. The van der Waals surface area contributed by atoms with Crippen LogP contribution >= 0.6 is 11.6 Å². The maximum Gasteiger partial charge on any atom is 0.228 e. The van der Waals surface area contributed by atoms with Crippen molar-refractivity contribution in [2.45, 2.75) is 32.4 Å². The molecule has 1 N–H and O–H groups in total. The highest BCUT2D eigenvalue weighted by atomic mass is 35.5. The first-order valence-corrected chi connectivity index (χ1v) is 11.3. The summed E-state index contributed by atoms with van der Waals surface area (Å²) in [5, 5.41) is 3.41. The molecule has 28 heavy (non-hydrogen) atoms. The largest absolute Gasteiger partial charge is 0.326 e. The van der Waals surface area contributed by atoms with Gasteiger partial charge in [-0.25, -0.2) is 12.7 Å². The molecule has 1 aliphatic heterocycles. The molecule has 0 bridgehead atoms. The van der Waals surface area contributed by atoms with E-state index < -0.39 is 10.0 Å². The van der Waals surface area contributed by atoms with E-state index in [-0.39, 0.29) is 24.1 Å². The van der Waals surface area contributed by atoms with Crippen LogP contribution in [-0.4, -0.2) is 31.7 Å². The minimum atomic E-state index is -3.54. The van der Waals surface area contributed by atoms with Gasteiger partial charge in [-0.05, 0) is 55.5 Å². The van der Waals surface area contributed by atoms with Gasteiger partial charge in [0.05, 0.1) is 11.7 Å². The quantitative estimate of drug-likeness (QED) is 0.790. The second-order valence-corrected chi connectivity index (χ2v) is 9.73. The normalized spacial score (nSPS) is 18.0. The Labute approximate surface area is 171 Å². The molecular formula is C21H25ClN2O3S. The van der Waals surface area contributed by atoms with Gasteiger partial charge in [-0.15, -0.1) is 0 Å². The number of piperidine rings is 1. The number of carbonyl (C=O) groups is 1. The number of hydrogen-bond donors (Lipinski definition) is 1. The van der Waals surface area contributed by atoms with Crippen molar-refractivity contribution in [2.24, 2.45) is 5.92 Å². The zero-order chi connectivity index (χ0) is 20.3. The van der Waals surface area contributed by atoms with Gasteiger partial charge in [-0.1, -0.05) is 41.9 Å². The van der Waals surface area contributed by atoms with Crippen LogP contribution in [0.4, 0.5) is 5.69 Å². The van der Waals surface area contributed by atoms with Crippen LogP contribution in [0.25, 0.3) is 0 Å². The average Bonchev–Trinajstić information content (AvgIpc) is 2.66. The standard InChI is InChI=1S/C21H25ClN2O3S/c1-15-9-10-16(2)20(12-15)23-21(25)17-7-5-11-24(13-17)28(26,27)14-18-6-3-4-8-19(18)22/h3-4,6,8-10,12,17H,5,7,11,13-14H2,1-2H3,(H,23,25)/t17-/m0/s1. The lowest BCUT2D eigenvalue weighted by atomic mass is 9.98. The van der Waals surface area contributed by atoms with Crippen LogP contribution in [-0.2, 0) is 20.6 Å². The van der Waals surface area contributed by atoms with Crippen LogP contribution in [0.15, 0.2) is 42.5 Å². The van der Waals surface area contributed by atoms with Gasteiger partial charge >= 0.3 is 0 Å². The Kier molecular flexibility index (Phi) is 6.43. The lowest BCUT2D eigenvalue weighted by Crippen LogP contribution is -2.44. The van der Waals surface area contributed by atoms with Crippen molar-refractivity contribution in [3.8, 4) is 0 Å². The van der Waals surface area contributed by atoms with E-state index in [4.69, 9.17) is 11.6 Å². The summed E-state index contributed by atoms with van der Waals surface area (Å²) in [6, 6.07) is 12.8. The summed E-state index contributed by atoms with van der Waals surface area (Å²) in [7, 11) is -3.54. The zero-order valence-corrected chi connectivity index (χ0v) is 17.7. The summed E-state index contributed by atoms with van der Waals surface area (Å²) in [6.45, 7) is 4.54. The summed E-state index contributed by atoms with van der Waals surface area (Å²) in [4.78, 5) is 12.8. The van der Waals surface area contributed by atoms with Gasteiger partial charge in [0.25, 0.3) is 0 Å². The number of anilines is 1. The lowest BCUT2D eigenvalue weighted by Gasteiger charge is -2.31. The third-order valence-corrected chi connectivity index (χ3v) is 7.26. The summed E-state index contributed by atoms with van der Waals surface area (Å²) >= 11 is 6.12. The van der Waals surface area contributed by atoms with Crippen LogP contribution in [0.2, 0.25) is 5.02 Å². The molecule has 1 aliphatic rings.